The first-order chi connectivity index (χ1) is 21.3. The van der Waals surface area contributed by atoms with Crippen molar-refractivity contribution < 1.29 is 0 Å². The topological polar surface area (TPSA) is 0 Å². The molecule has 0 heterocycles. The molecule has 0 aromatic heterocycles. The van der Waals surface area contributed by atoms with Crippen molar-refractivity contribution in [2.75, 3.05) is 0 Å². The summed E-state index contributed by atoms with van der Waals surface area (Å²) in [5.41, 5.74) is 16.2. The van der Waals surface area contributed by atoms with Crippen molar-refractivity contribution in [3.63, 3.8) is 0 Å². The van der Waals surface area contributed by atoms with Gasteiger partial charge in [-0.15, -0.1) is 0 Å². The van der Waals surface area contributed by atoms with Crippen LogP contribution in [0.25, 0.3) is 66.1 Å². The second-order valence-electron chi connectivity index (χ2n) is 13.7. The third-order valence-corrected chi connectivity index (χ3v) is 10.7. The third-order valence-electron chi connectivity index (χ3n) is 10.7. The van der Waals surface area contributed by atoms with Gasteiger partial charge in [-0.1, -0.05) is 143 Å². The Kier molecular flexibility index (Phi) is 5.11. The molecule has 7 aromatic rings. The summed E-state index contributed by atoms with van der Waals surface area (Å²) in [5.74, 6) is 0. The van der Waals surface area contributed by atoms with Gasteiger partial charge in [-0.2, -0.15) is 0 Å². The quantitative estimate of drug-likeness (QED) is 0.184. The van der Waals surface area contributed by atoms with Gasteiger partial charge in [0.2, 0.25) is 0 Å². The second kappa shape index (κ2) is 8.80. The molecule has 0 N–H and O–H groups in total. The van der Waals surface area contributed by atoms with Gasteiger partial charge in [0.15, 0.2) is 0 Å². The average molecular weight is 563 g/mol. The van der Waals surface area contributed by atoms with Crippen LogP contribution in [0.15, 0.2) is 133 Å². The van der Waals surface area contributed by atoms with Crippen molar-refractivity contribution in [3.05, 3.63) is 156 Å². The Morgan fingerprint density at radius 3 is 1.77 bits per heavy atom. The number of fused-ring (bicyclic) bond motifs is 10. The summed E-state index contributed by atoms with van der Waals surface area (Å²) in [6.07, 6.45) is 0. The SMILES string of the molecule is CC1(C)c2ccccc2-c2ccc(-c3ccc4c(c3)-c3ccc5c(cc(-c6ccccc6)c6ccccc65)c3C4(C)C)cc21. The zero-order valence-corrected chi connectivity index (χ0v) is 25.7. The molecule has 0 aliphatic heterocycles. The monoisotopic (exact) mass is 562 g/mol. The first-order valence-corrected chi connectivity index (χ1v) is 15.8. The molecule has 0 heteroatoms. The van der Waals surface area contributed by atoms with Crippen LogP contribution >= 0.6 is 0 Å². The molecule has 2 aliphatic carbocycles. The lowest BCUT2D eigenvalue weighted by Gasteiger charge is -2.24. The van der Waals surface area contributed by atoms with Gasteiger partial charge in [0.05, 0.1) is 0 Å². The lowest BCUT2D eigenvalue weighted by molar-refractivity contribution is 0.660. The summed E-state index contributed by atoms with van der Waals surface area (Å²) < 4.78 is 0. The van der Waals surface area contributed by atoms with E-state index in [0.29, 0.717) is 0 Å². The molecule has 210 valence electrons. The van der Waals surface area contributed by atoms with Crippen LogP contribution in [0.5, 0.6) is 0 Å². The Labute approximate surface area is 259 Å². The molecule has 0 saturated carbocycles. The van der Waals surface area contributed by atoms with Crippen LogP contribution in [0.4, 0.5) is 0 Å². The van der Waals surface area contributed by atoms with Crippen LogP contribution in [0, 0.1) is 0 Å². The first kappa shape index (κ1) is 25.5. The first-order valence-electron chi connectivity index (χ1n) is 15.8. The summed E-state index contributed by atoms with van der Waals surface area (Å²) in [7, 11) is 0. The molecule has 2 aliphatic rings. The van der Waals surface area contributed by atoms with Gasteiger partial charge < -0.3 is 0 Å². The van der Waals surface area contributed by atoms with E-state index in [-0.39, 0.29) is 10.8 Å². The van der Waals surface area contributed by atoms with E-state index in [4.69, 9.17) is 0 Å². The predicted octanol–water partition coefficient (Wildman–Crippen LogP) is 11.9. The van der Waals surface area contributed by atoms with Crippen LogP contribution in [0.1, 0.15) is 49.9 Å². The Morgan fingerprint density at radius 1 is 0.318 bits per heavy atom. The zero-order valence-electron chi connectivity index (χ0n) is 25.7. The van der Waals surface area contributed by atoms with Crippen LogP contribution in [-0.4, -0.2) is 0 Å². The maximum absolute atomic E-state index is 2.46. The van der Waals surface area contributed by atoms with Gasteiger partial charge in [-0.25, -0.2) is 0 Å². The van der Waals surface area contributed by atoms with E-state index in [0.717, 1.165) is 0 Å². The maximum Gasteiger partial charge on any atom is 0.0165 e. The van der Waals surface area contributed by atoms with Crippen molar-refractivity contribution in [2.24, 2.45) is 0 Å². The highest BCUT2D eigenvalue weighted by Gasteiger charge is 2.38. The molecule has 9 rings (SSSR count). The van der Waals surface area contributed by atoms with Crippen molar-refractivity contribution in [1.29, 1.82) is 0 Å². The normalized spacial score (nSPS) is 15.2. The van der Waals surface area contributed by atoms with Crippen molar-refractivity contribution >= 4 is 21.5 Å². The highest BCUT2D eigenvalue weighted by Crippen LogP contribution is 2.54. The fraction of sp³-hybridized carbons (Fsp3) is 0.136. The van der Waals surface area contributed by atoms with Crippen LogP contribution in [-0.2, 0) is 10.8 Å². The van der Waals surface area contributed by atoms with Crippen LogP contribution < -0.4 is 0 Å². The molecule has 0 radical (unpaired) electrons. The Hall–Kier alpha value is -4.94. The van der Waals surface area contributed by atoms with Gasteiger partial charge in [0.1, 0.15) is 0 Å². The van der Waals surface area contributed by atoms with E-state index < -0.39 is 0 Å². The summed E-state index contributed by atoms with van der Waals surface area (Å²) in [6, 6.07) is 50.1. The van der Waals surface area contributed by atoms with Crippen molar-refractivity contribution in [2.45, 2.75) is 38.5 Å². The molecule has 0 saturated heterocycles. The standard InChI is InChI=1S/C44H34/c1-43(2)39-17-11-10-16-33(39)34-20-18-29(25-41(34)43)28-19-23-40-37(24-28)35-22-21-32-30-14-8-9-15-31(30)36(27-12-6-5-7-13-27)26-38(32)42(35)44(40,3)4/h5-26H,1-4H3. The predicted molar refractivity (Wildman–Crippen MR) is 187 cm³/mol. The minimum Gasteiger partial charge on any atom is -0.0622 e. The van der Waals surface area contributed by atoms with E-state index >= 15 is 0 Å². The molecule has 0 fully saturated rings. The Balaban J connectivity index is 1.25. The summed E-state index contributed by atoms with van der Waals surface area (Å²) >= 11 is 0. The van der Waals surface area contributed by atoms with Crippen LogP contribution in [0.2, 0.25) is 0 Å². The van der Waals surface area contributed by atoms with Gasteiger partial charge >= 0.3 is 0 Å². The second-order valence-corrected chi connectivity index (χ2v) is 13.7. The van der Waals surface area contributed by atoms with Crippen molar-refractivity contribution in [3.8, 4) is 44.5 Å². The molecule has 0 atom stereocenters. The van der Waals surface area contributed by atoms with E-state index in [1.165, 1.54) is 88.3 Å². The minimum atomic E-state index is -0.110. The number of benzene rings is 7. The number of hydrogen-bond donors (Lipinski definition) is 0. The van der Waals surface area contributed by atoms with E-state index in [1.807, 2.05) is 0 Å². The fourth-order valence-corrected chi connectivity index (χ4v) is 8.44. The lowest BCUT2D eigenvalue weighted by Crippen LogP contribution is -2.15. The molecular weight excluding hydrogens is 528 g/mol. The molecule has 0 unspecified atom stereocenters. The van der Waals surface area contributed by atoms with Gasteiger partial charge in [-0.05, 0) is 107 Å². The van der Waals surface area contributed by atoms with E-state index in [1.54, 1.807) is 0 Å². The largest absolute Gasteiger partial charge is 0.0622 e. The lowest BCUT2D eigenvalue weighted by atomic mass is 9.78. The summed E-state index contributed by atoms with van der Waals surface area (Å²) in [4.78, 5) is 0. The van der Waals surface area contributed by atoms with E-state index in [9.17, 15) is 0 Å². The molecule has 0 spiro atoms. The minimum absolute atomic E-state index is 0.00853. The summed E-state index contributed by atoms with van der Waals surface area (Å²) in [5, 5.41) is 5.32. The zero-order chi connectivity index (χ0) is 29.8. The highest BCUT2D eigenvalue weighted by molar-refractivity contribution is 6.16. The Bertz CT molecular complexity index is 2310. The molecule has 44 heavy (non-hydrogen) atoms. The highest BCUT2D eigenvalue weighted by atomic mass is 14.4. The summed E-state index contributed by atoms with van der Waals surface area (Å²) in [6.45, 7) is 9.54. The molecule has 7 aromatic carbocycles. The fourth-order valence-electron chi connectivity index (χ4n) is 8.44. The molecule has 0 bridgehead atoms. The van der Waals surface area contributed by atoms with Crippen molar-refractivity contribution in [1.82, 2.24) is 0 Å². The van der Waals surface area contributed by atoms with E-state index in [2.05, 4.69) is 161 Å². The van der Waals surface area contributed by atoms with Gasteiger partial charge in [0.25, 0.3) is 0 Å². The molecular formula is C44H34. The number of rotatable bonds is 2. The number of hydrogen-bond acceptors (Lipinski definition) is 0. The molecule has 0 amide bonds. The third kappa shape index (κ3) is 3.34. The van der Waals surface area contributed by atoms with Crippen LogP contribution in [0.3, 0.4) is 0 Å². The van der Waals surface area contributed by atoms with Gasteiger partial charge in [0, 0.05) is 10.8 Å². The van der Waals surface area contributed by atoms with Gasteiger partial charge in [-0.3, -0.25) is 0 Å². The smallest absolute Gasteiger partial charge is 0.0165 e. The average Bonchev–Trinajstić information content (AvgIpc) is 3.44. The molecule has 0 nitrogen and oxygen atoms in total. The maximum atomic E-state index is 2.46. The Morgan fingerprint density at radius 2 is 0.932 bits per heavy atom.